The lowest BCUT2D eigenvalue weighted by Crippen LogP contribution is -2.20. The molecule has 12 rings (SSSR count). The molecule has 0 radical (unpaired) electrons. The first-order valence-electron chi connectivity index (χ1n) is 27.1. The second-order valence-electron chi connectivity index (χ2n) is 26.1. The van der Waals surface area contributed by atoms with Gasteiger partial charge in [0.1, 0.15) is 5.82 Å². The average Bonchev–Trinajstić information content (AvgIpc) is 4.23. The van der Waals surface area contributed by atoms with Gasteiger partial charge in [-0.15, -0.1) is 0 Å². The van der Waals surface area contributed by atoms with E-state index < -0.39 is 0 Å². The molecule has 6 aromatic heterocycles. The molecule has 0 amide bonds. The highest BCUT2D eigenvalue weighted by atomic mass is 15.1. The molecule has 12 heteroatoms. The number of rotatable bonds is 0. The standard InChI is InChI=1S/6C11H14N2.CH4/c2*1-11(2,3)8-4-5-9-10(6-8)13-7-12-9;2*1-11(2,3)8-5-4-6-9-10(8)13-7-12-9;1-11(2,3)13-8-12-9-6-4-5-7-10(9)13;1-11(2,3)10-12-8-6-4-5-7-9(8)13-10;/h4*4-7H,1-3H3,(H,12,13);4-8H,1-3H3;4-7H,1-3H3,(H,12,13);1H4. The molecule has 0 aliphatic rings. The molecule has 0 spiro atoms. The van der Waals surface area contributed by atoms with Crippen LogP contribution in [0.4, 0.5) is 0 Å². The minimum Gasteiger partial charge on any atom is -0.345 e. The van der Waals surface area contributed by atoms with Crippen molar-refractivity contribution in [3.63, 3.8) is 0 Å². The molecular formula is C67H88N12. The third-order valence-electron chi connectivity index (χ3n) is 13.4. The molecular weight excluding hydrogens is 973 g/mol. The molecule has 0 unspecified atom stereocenters. The summed E-state index contributed by atoms with van der Waals surface area (Å²) in [5, 5.41) is 0. The van der Waals surface area contributed by atoms with E-state index in [4.69, 9.17) is 0 Å². The second kappa shape index (κ2) is 24.0. The molecule has 0 saturated carbocycles. The van der Waals surface area contributed by atoms with Gasteiger partial charge in [-0.25, -0.2) is 29.9 Å². The van der Waals surface area contributed by atoms with E-state index >= 15 is 0 Å². The van der Waals surface area contributed by atoms with Crippen LogP contribution in [-0.2, 0) is 32.6 Å². The van der Waals surface area contributed by atoms with Crippen LogP contribution in [0.3, 0.4) is 0 Å². The van der Waals surface area contributed by atoms with Gasteiger partial charge >= 0.3 is 0 Å². The molecule has 0 fully saturated rings. The molecule has 0 atom stereocenters. The summed E-state index contributed by atoms with van der Waals surface area (Å²) in [6.07, 6.45) is 8.87. The maximum absolute atomic E-state index is 4.53. The fourth-order valence-corrected chi connectivity index (χ4v) is 8.75. The van der Waals surface area contributed by atoms with Crippen molar-refractivity contribution >= 4 is 66.2 Å². The Morgan fingerprint density at radius 3 is 1.20 bits per heavy atom. The van der Waals surface area contributed by atoms with Crippen LogP contribution < -0.4 is 0 Å². The van der Waals surface area contributed by atoms with Crippen molar-refractivity contribution in [2.45, 2.75) is 165 Å². The number of para-hydroxylation sites is 6. The zero-order chi connectivity index (χ0) is 56.8. The van der Waals surface area contributed by atoms with Crippen LogP contribution >= 0.6 is 0 Å². The Morgan fingerprint density at radius 2 is 0.772 bits per heavy atom. The van der Waals surface area contributed by atoms with Crippen LogP contribution in [-0.4, -0.2) is 59.4 Å². The summed E-state index contributed by atoms with van der Waals surface area (Å²) >= 11 is 0. The van der Waals surface area contributed by atoms with E-state index in [1.165, 1.54) is 27.8 Å². The van der Waals surface area contributed by atoms with Crippen molar-refractivity contribution in [1.82, 2.24) is 59.4 Å². The maximum atomic E-state index is 4.53. The lowest BCUT2D eigenvalue weighted by Gasteiger charge is -2.21. The topological polar surface area (TPSA) is 161 Å². The quantitative estimate of drug-likeness (QED) is 0.102. The van der Waals surface area contributed by atoms with Gasteiger partial charge in [0.15, 0.2) is 0 Å². The van der Waals surface area contributed by atoms with Gasteiger partial charge < -0.3 is 29.5 Å². The number of H-pyrrole nitrogens is 5. The first-order chi connectivity index (χ1) is 36.5. The second-order valence-corrected chi connectivity index (χ2v) is 26.1. The first-order valence-corrected chi connectivity index (χ1v) is 27.1. The number of hydrogen-bond donors (Lipinski definition) is 5. The van der Waals surface area contributed by atoms with Crippen molar-refractivity contribution in [1.29, 1.82) is 0 Å². The molecule has 0 aliphatic heterocycles. The molecule has 6 aromatic carbocycles. The highest BCUT2D eigenvalue weighted by Gasteiger charge is 2.21. The normalized spacial score (nSPS) is 12.1. The highest BCUT2D eigenvalue weighted by Crippen LogP contribution is 2.30. The summed E-state index contributed by atoms with van der Waals surface area (Å²) in [5.74, 6) is 1.05. The largest absolute Gasteiger partial charge is 0.345 e. The third kappa shape index (κ3) is 15.5. The van der Waals surface area contributed by atoms with Gasteiger partial charge in [-0.3, -0.25) is 0 Å². The van der Waals surface area contributed by atoms with E-state index in [0.29, 0.717) is 0 Å². The van der Waals surface area contributed by atoms with E-state index in [-0.39, 0.29) is 40.0 Å². The van der Waals surface area contributed by atoms with E-state index in [0.717, 1.165) is 66.5 Å². The van der Waals surface area contributed by atoms with Crippen LogP contribution in [0, 0.1) is 0 Å². The van der Waals surface area contributed by atoms with E-state index in [1.807, 2.05) is 42.7 Å². The zero-order valence-electron chi connectivity index (χ0n) is 49.6. The summed E-state index contributed by atoms with van der Waals surface area (Å²) < 4.78 is 2.20. The molecule has 12 nitrogen and oxygen atoms in total. The Bertz CT molecular complexity index is 3590. The van der Waals surface area contributed by atoms with Crippen LogP contribution in [0.2, 0.25) is 0 Å². The fourth-order valence-electron chi connectivity index (χ4n) is 8.75. The van der Waals surface area contributed by atoms with Gasteiger partial charge in [0.05, 0.1) is 97.8 Å². The molecule has 6 heterocycles. The van der Waals surface area contributed by atoms with Gasteiger partial charge in [0, 0.05) is 11.0 Å². The predicted molar refractivity (Wildman–Crippen MR) is 335 cm³/mol. The monoisotopic (exact) mass is 1060 g/mol. The van der Waals surface area contributed by atoms with Crippen molar-refractivity contribution in [2.24, 2.45) is 0 Å². The summed E-state index contributed by atoms with van der Waals surface area (Å²) in [6.45, 7) is 39.5. The van der Waals surface area contributed by atoms with Gasteiger partial charge in [0.2, 0.25) is 0 Å². The smallest absolute Gasteiger partial charge is 0.112 e. The summed E-state index contributed by atoms with van der Waals surface area (Å²) in [6, 6.07) is 41.6. The number of aromatic amines is 5. The molecule has 0 bridgehead atoms. The fraction of sp³-hybridized carbons (Fsp3) is 0.373. The average molecular weight is 1060 g/mol. The van der Waals surface area contributed by atoms with E-state index in [1.54, 1.807) is 25.3 Å². The number of nitrogens with zero attached hydrogens (tertiary/aromatic N) is 7. The number of nitrogens with one attached hydrogen (secondary N) is 5. The first kappa shape index (κ1) is 60.4. The number of fused-ring (bicyclic) bond motifs is 6. The number of benzene rings is 6. The van der Waals surface area contributed by atoms with Crippen LogP contribution in [0.25, 0.3) is 66.2 Å². The van der Waals surface area contributed by atoms with Gasteiger partial charge in [-0.2, -0.15) is 0 Å². The van der Waals surface area contributed by atoms with Crippen molar-refractivity contribution < 1.29 is 0 Å². The van der Waals surface area contributed by atoms with Gasteiger partial charge in [0.25, 0.3) is 0 Å². The van der Waals surface area contributed by atoms with Crippen LogP contribution in [0.15, 0.2) is 153 Å². The Labute approximate surface area is 469 Å². The Morgan fingerprint density at radius 1 is 0.354 bits per heavy atom. The molecule has 5 N–H and O–H groups in total. The lowest BCUT2D eigenvalue weighted by molar-refractivity contribution is 0.408. The summed E-state index contributed by atoms with van der Waals surface area (Å²) in [4.78, 5) is 41.7. The Hall–Kier alpha value is -7.86. The number of aromatic nitrogens is 12. The van der Waals surface area contributed by atoms with Crippen LogP contribution in [0.1, 0.15) is 160 Å². The third-order valence-corrected chi connectivity index (χ3v) is 13.4. The summed E-state index contributed by atoms with van der Waals surface area (Å²) in [7, 11) is 0. The molecule has 416 valence electrons. The van der Waals surface area contributed by atoms with Crippen molar-refractivity contribution in [2.75, 3.05) is 0 Å². The minimum absolute atomic E-state index is 0. The van der Waals surface area contributed by atoms with Crippen LogP contribution in [0.5, 0.6) is 0 Å². The molecule has 0 saturated heterocycles. The molecule has 79 heavy (non-hydrogen) atoms. The zero-order valence-corrected chi connectivity index (χ0v) is 49.6. The lowest BCUT2D eigenvalue weighted by atomic mass is 9.86. The molecule has 12 aromatic rings. The van der Waals surface area contributed by atoms with E-state index in [2.05, 4.69) is 269 Å². The van der Waals surface area contributed by atoms with Gasteiger partial charge in [-0.05, 0) is 125 Å². The molecule has 0 aliphatic carbocycles. The Balaban J connectivity index is 0.000000153. The van der Waals surface area contributed by atoms with Gasteiger partial charge in [-0.1, -0.05) is 172 Å². The number of hydrogen-bond acceptors (Lipinski definition) is 6. The SMILES string of the molecule is C.CC(C)(C)c1ccc2nc[nH]c2c1.CC(C)(C)c1ccc2nc[nH]c2c1.CC(C)(C)c1cccc2[nH]cnc12.CC(C)(C)c1cccc2[nH]cnc12.CC(C)(C)c1nc2ccccc2[nH]1.CC(C)(C)n1cnc2ccccc21. The summed E-state index contributed by atoms with van der Waals surface area (Å²) in [5.41, 5.74) is 19.4. The van der Waals surface area contributed by atoms with Crippen molar-refractivity contribution in [3.8, 4) is 0 Å². The highest BCUT2D eigenvalue weighted by molar-refractivity contribution is 5.81. The predicted octanol–water partition coefficient (Wildman–Crippen LogP) is 17.7. The van der Waals surface area contributed by atoms with E-state index in [9.17, 15) is 0 Å². The van der Waals surface area contributed by atoms with Crippen molar-refractivity contribution in [3.05, 3.63) is 181 Å². The minimum atomic E-state index is 0. The number of imidazole rings is 6. The maximum Gasteiger partial charge on any atom is 0.112 e. The Kier molecular flexibility index (Phi) is 18.4.